The number of pyridine rings is 1. The van der Waals surface area contributed by atoms with E-state index in [4.69, 9.17) is 5.73 Å². The summed E-state index contributed by atoms with van der Waals surface area (Å²) < 4.78 is 1.77. The van der Waals surface area contributed by atoms with Gasteiger partial charge in [-0.1, -0.05) is 13.0 Å². The lowest BCUT2D eigenvalue weighted by Gasteiger charge is -2.38. The van der Waals surface area contributed by atoms with Crippen LogP contribution in [0.5, 0.6) is 0 Å². The summed E-state index contributed by atoms with van der Waals surface area (Å²) in [6, 6.07) is 7.60. The summed E-state index contributed by atoms with van der Waals surface area (Å²) in [5, 5.41) is 8.10. The maximum atomic E-state index is 13.1. The third-order valence-electron chi connectivity index (χ3n) is 5.68. The van der Waals surface area contributed by atoms with Gasteiger partial charge in [0.2, 0.25) is 0 Å². The van der Waals surface area contributed by atoms with Crippen molar-refractivity contribution in [3.63, 3.8) is 0 Å². The maximum absolute atomic E-state index is 13.1. The van der Waals surface area contributed by atoms with Crippen molar-refractivity contribution in [3.05, 3.63) is 47.8 Å². The fraction of sp³-hybridized carbons (Fsp3) is 0.364. The second-order valence-corrected chi connectivity index (χ2v) is 8.16. The Bertz CT molecular complexity index is 1120. The molecular weight excluding hydrogens is 380 g/mol. The van der Waals surface area contributed by atoms with E-state index in [-0.39, 0.29) is 6.04 Å². The van der Waals surface area contributed by atoms with Crippen molar-refractivity contribution >= 4 is 34.2 Å². The van der Waals surface area contributed by atoms with Crippen LogP contribution in [-0.2, 0) is 16.6 Å². The number of fused-ring (bicyclic) bond motifs is 1. The minimum Gasteiger partial charge on any atom is -0.383 e. The van der Waals surface area contributed by atoms with Crippen LogP contribution >= 0.6 is 0 Å². The Labute approximate surface area is 175 Å². The van der Waals surface area contributed by atoms with Gasteiger partial charge in [0.15, 0.2) is 0 Å². The number of hydrogen-bond acceptors (Lipinski definition) is 5. The molecular formula is C22H26N6O2. The number of nitrogens with two attached hydrogens (primary N) is 1. The molecule has 0 radical (unpaired) electrons. The van der Waals surface area contributed by atoms with E-state index in [9.17, 15) is 9.59 Å². The number of nitrogens with one attached hydrogen (secondary N) is 1. The molecule has 8 nitrogen and oxygen atoms in total. The van der Waals surface area contributed by atoms with Crippen LogP contribution in [0.3, 0.4) is 0 Å². The number of benzene rings is 1. The average molecular weight is 406 g/mol. The number of piperidine rings is 1. The smallest absolute Gasteiger partial charge is 0.313 e. The van der Waals surface area contributed by atoms with E-state index >= 15 is 0 Å². The van der Waals surface area contributed by atoms with Crippen LogP contribution in [0.1, 0.15) is 36.9 Å². The number of rotatable bonds is 2. The summed E-state index contributed by atoms with van der Waals surface area (Å²) in [4.78, 5) is 31.6. The highest BCUT2D eigenvalue weighted by atomic mass is 16.2. The SMILES string of the molecule is Cc1cc(NC(=O)C(=O)N2C[C@H](C)CC[C@H]2c2ccc3nn(C)cc3c2)cnc1N. The molecule has 0 spiro atoms. The molecule has 1 aliphatic rings. The van der Waals surface area contributed by atoms with Crippen molar-refractivity contribution in [2.45, 2.75) is 32.7 Å². The molecule has 2 aromatic heterocycles. The van der Waals surface area contributed by atoms with Crippen LogP contribution in [-0.4, -0.2) is 38.0 Å². The Morgan fingerprint density at radius 2 is 2.03 bits per heavy atom. The van der Waals surface area contributed by atoms with Crippen LogP contribution < -0.4 is 11.1 Å². The molecule has 3 heterocycles. The molecule has 1 aliphatic heterocycles. The molecule has 0 unspecified atom stereocenters. The molecule has 3 N–H and O–H groups in total. The first-order valence-corrected chi connectivity index (χ1v) is 10.1. The van der Waals surface area contributed by atoms with Gasteiger partial charge in [-0.15, -0.1) is 0 Å². The van der Waals surface area contributed by atoms with E-state index in [0.717, 1.165) is 34.9 Å². The fourth-order valence-corrected chi connectivity index (χ4v) is 4.07. The van der Waals surface area contributed by atoms with Gasteiger partial charge in [-0.2, -0.15) is 5.10 Å². The van der Waals surface area contributed by atoms with Crippen molar-refractivity contribution in [3.8, 4) is 0 Å². The third-order valence-corrected chi connectivity index (χ3v) is 5.68. The van der Waals surface area contributed by atoms with Crippen molar-refractivity contribution < 1.29 is 9.59 Å². The summed E-state index contributed by atoms with van der Waals surface area (Å²) in [5.41, 5.74) is 8.86. The van der Waals surface area contributed by atoms with Crippen molar-refractivity contribution in [1.29, 1.82) is 0 Å². The van der Waals surface area contributed by atoms with Crippen LogP contribution in [0.2, 0.25) is 0 Å². The quantitative estimate of drug-likeness (QED) is 0.637. The maximum Gasteiger partial charge on any atom is 0.313 e. The summed E-state index contributed by atoms with van der Waals surface area (Å²) in [7, 11) is 1.88. The van der Waals surface area contributed by atoms with Gasteiger partial charge < -0.3 is 16.0 Å². The lowest BCUT2D eigenvalue weighted by atomic mass is 9.89. The second kappa shape index (κ2) is 7.78. The van der Waals surface area contributed by atoms with E-state index in [1.165, 1.54) is 6.20 Å². The topological polar surface area (TPSA) is 106 Å². The Kier molecular flexibility index (Phi) is 5.15. The average Bonchev–Trinajstić information content (AvgIpc) is 3.09. The first kappa shape index (κ1) is 19.9. The number of amides is 2. The van der Waals surface area contributed by atoms with Gasteiger partial charge in [0.25, 0.3) is 0 Å². The number of nitrogen functional groups attached to an aromatic ring is 1. The van der Waals surface area contributed by atoms with E-state index in [1.54, 1.807) is 22.6 Å². The third kappa shape index (κ3) is 3.85. The number of likely N-dealkylation sites (tertiary alicyclic amines) is 1. The molecule has 1 saturated heterocycles. The molecule has 1 aromatic carbocycles. The molecule has 0 saturated carbocycles. The zero-order valence-electron chi connectivity index (χ0n) is 17.4. The Morgan fingerprint density at radius 1 is 1.23 bits per heavy atom. The van der Waals surface area contributed by atoms with E-state index in [0.29, 0.717) is 24.0 Å². The molecule has 30 heavy (non-hydrogen) atoms. The molecule has 1 fully saturated rings. The van der Waals surface area contributed by atoms with Crippen molar-refractivity contribution in [1.82, 2.24) is 19.7 Å². The van der Waals surface area contributed by atoms with Crippen molar-refractivity contribution in [2.24, 2.45) is 13.0 Å². The molecule has 0 aliphatic carbocycles. The predicted octanol–water partition coefficient (Wildman–Crippen LogP) is 2.80. The number of carbonyl (C=O) groups is 2. The predicted molar refractivity (Wildman–Crippen MR) is 116 cm³/mol. The molecule has 0 bridgehead atoms. The molecule has 2 atom stereocenters. The zero-order valence-corrected chi connectivity index (χ0v) is 17.4. The summed E-state index contributed by atoms with van der Waals surface area (Å²) >= 11 is 0. The van der Waals surface area contributed by atoms with E-state index < -0.39 is 11.8 Å². The lowest BCUT2D eigenvalue weighted by Crippen LogP contribution is -2.46. The Morgan fingerprint density at radius 3 is 2.80 bits per heavy atom. The van der Waals surface area contributed by atoms with Crippen molar-refractivity contribution in [2.75, 3.05) is 17.6 Å². The second-order valence-electron chi connectivity index (χ2n) is 8.16. The number of anilines is 2. The van der Waals surface area contributed by atoms with Crippen LogP contribution in [0.4, 0.5) is 11.5 Å². The number of aryl methyl sites for hydroxylation is 2. The van der Waals surface area contributed by atoms with Gasteiger partial charge in [-0.25, -0.2) is 4.98 Å². The largest absolute Gasteiger partial charge is 0.383 e. The molecule has 156 valence electrons. The standard InChI is InChI=1S/C22H26N6O2/c1-13-4-7-19(15-5-6-18-16(9-15)12-27(3)26-18)28(11-13)22(30)21(29)25-17-8-14(2)20(23)24-10-17/h5-6,8-10,12-13,19H,4,7,11H2,1-3H3,(H2,23,24)(H,25,29)/t13-,19+/m1/s1. The van der Waals surface area contributed by atoms with Crippen LogP contribution in [0.15, 0.2) is 36.7 Å². The van der Waals surface area contributed by atoms with Gasteiger partial charge in [0.1, 0.15) is 5.82 Å². The molecule has 8 heteroatoms. The van der Waals surface area contributed by atoms with Crippen LogP contribution in [0, 0.1) is 12.8 Å². The summed E-state index contributed by atoms with van der Waals surface area (Å²) in [6.07, 6.45) is 5.23. The van der Waals surface area contributed by atoms with Gasteiger partial charge in [0, 0.05) is 25.2 Å². The van der Waals surface area contributed by atoms with E-state index in [2.05, 4.69) is 28.4 Å². The molecule has 2 amide bonds. The Balaban J connectivity index is 1.58. The number of hydrogen-bond donors (Lipinski definition) is 2. The van der Waals surface area contributed by atoms with Crippen LogP contribution in [0.25, 0.3) is 10.9 Å². The van der Waals surface area contributed by atoms with Gasteiger partial charge in [0.05, 0.1) is 23.4 Å². The fourth-order valence-electron chi connectivity index (χ4n) is 4.07. The van der Waals surface area contributed by atoms with Gasteiger partial charge >= 0.3 is 11.8 Å². The lowest BCUT2D eigenvalue weighted by molar-refractivity contribution is -0.146. The highest BCUT2D eigenvalue weighted by Gasteiger charge is 2.34. The monoisotopic (exact) mass is 406 g/mol. The Hall–Kier alpha value is -3.42. The first-order chi connectivity index (χ1) is 14.3. The summed E-state index contributed by atoms with van der Waals surface area (Å²) in [5.74, 6) is -0.467. The number of aromatic nitrogens is 3. The number of nitrogens with zero attached hydrogens (tertiary/aromatic N) is 4. The minimum atomic E-state index is -0.664. The first-order valence-electron chi connectivity index (χ1n) is 10.1. The van der Waals surface area contributed by atoms with Gasteiger partial charge in [-0.05, 0) is 55.0 Å². The number of carbonyl (C=O) groups excluding carboxylic acids is 2. The zero-order chi connectivity index (χ0) is 21.4. The highest BCUT2D eigenvalue weighted by molar-refractivity contribution is 6.39. The molecule has 4 rings (SSSR count). The normalized spacial score (nSPS) is 19.1. The van der Waals surface area contributed by atoms with E-state index in [1.807, 2.05) is 25.4 Å². The summed E-state index contributed by atoms with van der Waals surface area (Å²) in [6.45, 7) is 4.45. The minimum absolute atomic E-state index is 0.143. The van der Waals surface area contributed by atoms with Gasteiger partial charge in [-0.3, -0.25) is 14.3 Å². The highest BCUT2D eigenvalue weighted by Crippen LogP contribution is 2.34. The molecule has 3 aromatic rings.